The van der Waals surface area contributed by atoms with Crippen LogP contribution in [-0.4, -0.2) is 17.9 Å². The molecule has 0 aliphatic heterocycles. The molecule has 9 nitrogen and oxygen atoms in total. The van der Waals surface area contributed by atoms with Gasteiger partial charge in [-0.1, -0.05) is 0 Å². The number of carbonyl (C=O) groups excluding carboxylic acids is 3. The third-order valence-electron chi connectivity index (χ3n) is 2.17. The Morgan fingerprint density at radius 3 is 0.920 bits per heavy atom. The van der Waals surface area contributed by atoms with Crippen molar-refractivity contribution in [1.29, 1.82) is 0 Å². The third-order valence-corrected chi connectivity index (χ3v) is 2.17. The molecule has 0 atom stereocenters. The molecule has 3 aromatic rings. The summed E-state index contributed by atoms with van der Waals surface area (Å²) in [4.78, 5) is 29.6. The zero-order valence-corrected chi connectivity index (χ0v) is 13.3. The molecular formula is C15H9FeO9. The number of hydrogen-bond acceptors (Lipinski definition) is 9. The van der Waals surface area contributed by atoms with E-state index >= 15 is 0 Å². The Morgan fingerprint density at radius 2 is 0.840 bits per heavy atom. The molecular weight excluding hydrogens is 380 g/mol. The first kappa shape index (κ1) is 21.8. The van der Waals surface area contributed by atoms with Crippen LogP contribution in [0.15, 0.2) is 68.4 Å². The Hall–Kier alpha value is -3.23. The van der Waals surface area contributed by atoms with Gasteiger partial charge in [0.05, 0.1) is 18.8 Å². The van der Waals surface area contributed by atoms with Gasteiger partial charge in [0, 0.05) is 0 Å². The SMILES string of the molecule is O=C([O-])c1ccco1.O=C([O-])c1ccco1.O=C([O-])c1ccco1.[Fe+3]. The number of aromatic carboxylic acids is 3. The van der Waals surface area contributed by atoms with Crippen LogP contribution >= 0.6 is 0 Å². The van der Waals surface area contributed by atoms with Gasteiger partial charge < -0.3 is 43.0 Å². The molecule has 3 heterocycles. The van der Waals surface area contributed by atoms with E-state index in [-0.39, 0.29) is 34.3 Å². The molecule has 0 saturated carbocycles. The number of carbonyl (C=O) groups is 3. The van der Waals surface area contributed by atoms with Crippen molar-refractivity contribution in [2.24, 2.45) is 0 Å². The van der Waals surface area contributed by atoms with Gasteiger partial charge in [-0.25, -0.2) is 0 Å². The van der Waals surface area contributed by atoms with Crippen LogP contribution in [0.1, 0.15) is 31.7 Å². The first-order valence-corrected chi connectivity index (χ1v) is 6.16. The van der Waals surface area contributed by atoms with Crippen molar-refractivity contribution in [3.05, 3.63) is 72.5 Å². The van der Waals surface area contributed by atoms with Gasteiger partial charge in [0.15, 0.2) is 0 Å². The van der Waals surface area contributed by atoms with E-state index in [0.29, 0.717) is 0 Å². The second-order valence-electron chi connectivity index (χ2n) is 3.79. The molecule has 0 fully saturated rings. The third kappa shape index (κ3) is 8.26. The van der Waals surface area contributed by atoms with Crippen molar-refractivity contribution in [3.8, 4) is 0 Å². The fraction of sp³-hybridized carbons (Fsp3) is 0. The molecule has 0 saturated heterocycles. The summed E-state index contributed by atoms with van der Waals surface area (Å²) in [6, 6.07) is 8.46. The van der Waals surface area contributed by atoms with Crippen molar-refractivity contribution in [1.82, 2.24) is 0 Å². The van der Waals surface area contributed by atoms with Crippen LogP contribution < -0.4 is 15.3 Å². The van der Waals surface area contributed by atoms with Crippen molar-refractivity contribution in [3.63, 3.8) is 0 Å². The molecule has 0 aromatic carbocycles. The average Bonchev–Trinajstić information content (AvgIpc) is 3.29. The maximum absolute atomic E-state index is 9.86. The maximum atomic E-state index is 9.86. The van der Waals surface area contributed by atoms with E-state index in [1.54, 1.807) is 0 Å². The summed E-state index contributed by atoms with van der Waals surface area (Å²) < 4.78 is 13.3. The molecule has 1 radical (unpaired) electrons. The number of hydrogen-bond donors (Lipinski definition) is 0. The van der Waals surface area contributed by atoms with Crippen molar-refractivity contribution < 1.29 is 60.0 Å². The van der Waals surface area contributed by atoms with Crippen molar-refractivity contribution in [2.75, 3.05) is 0 Å². The Balaban J connectivity index is 0.000000339. The predicted molar refractivity (Wildman–Crippen MR) is 69.1 cm³/mol. The minimum atomic E-state index is -1.28. The average molecular weight is 389 g/mol. The van der Waals surface area contributed by atoms with Crippen LogP contribution in [0.5, 0.6) is 0 Å². The first-order chi connectivity index (χ1) is 11.4. The van der Waals surface area contributed by atoms with E-state index in [0.717, 1.165) is 0 Å². The van der Waals surface area contributed by atoms with Crippen LogP contribution in [-0.2, 0) is 17.1 Å². The Bertz CT molecular complexity index is 638. The number of furan rings is 3. The smallest absolute Gasteiger partial charge is 0.542 e. The van der Waals surface area contributed by atoms with Gasteiger partial charge >= 0.3 is 17.1 Å². The van der Waals surface area contributed by atoms with Crippen LogP contribution in [0.25, 0.3) is 0 Å². The minimum Gasteiger partial charge on any atom is -0.542 e. The van der Waals surface area contributed by atoms with E-state index in [1.165, 1.54) is 55.2 Å². The minimum absolute atomic E-state index is 0. The number of carboxylic acids is 3. The molecule has 0 N–H and O–H groups in total. The fourth-order valence-corrected chi connectivity index (χ4v) is 1.18. The van der Waals surface area contributed by atoms with E-state index in [2.05, 4.69) is 13.3 Å². The first-order valence-electron chi connectivity index (χ1n) is 6.16. The second-order valence-corrected chi connectivity index (χ2v) is 3.79. The molecule has 0 aliphatic rings. The van der Waals surface area contributed by atoms with E-state index < -0.39 is 17.9 Å². The van der Waals surface area contributed by atoms with Gasteiger partial charge in [-0.2, -0.15) is 0 Å². The van der Waals surface area contributed by atoms with Crippen LogP contribution in [0, 0.1) is 0 Å². The van der Waals surface area contributed by atoms with Gasteiger partial charge in [0.25, 0.3) is 0 Å². The van der Waals surface area contributed by atoms with Gasteiger partial charge in [0.2, 0.25) is 0 Å². The molecule has 131 valence electrons. The van der Waals surface area contributed by atoms with Gasteiger partial charge in [-0.3, -0.25) is 0 Å². The molecule has 3 rings (SSSR count). The van der Waals surface area contributed by atoms with Crippen LogP contribution in [0.3, 0.4) is 0 Å². The molecule has 10 heteroatoms. The van der Waals surface area contributed by atoms with E-state index in [4.69, 9.17) is 0 Å². The van der Waals surface area contributed by atoms with Gasteiger partial charge in [-0.05, 0) is 36.4 Å². The van der Waals surface area contributed by atoms with E-state index in [9.17, 15) is 29.7 Å². The number of carboxylic acid groups (broad SMARTS) is 3. The topological polar surface area (TPSA) is 160 Å². The van der Waals surface area contributed by atoms with Crippen LogP contribution in [0.4, 0.5) is 0 Å². The van der Waals surface area contributed by atoms with Gasteiger partial charge in [0.1, 0.15) is 35.2 Å². The van der Waals surface area contributed by atoms with Crippen molar-refractivity contribution in [2.45, 2.75) is 0 Å². The summed E-state index contributed by atoms with van der Waals surface area (Å²) in [5.41, 5.74) is 0. The quantitative estimate of drug-likeness (QED) is 0.508. The Morgan fingerprint density at radius 1 is 0.600 bits per heavy atom. The monoisotopic (exact) mass is 389 g/mol. The van der Waals surface area contributed by atoms with Gasteiger partial charge in [-0.15, -0.1) is 0 Å². The van der Waals surface area contributed by atoms with Crippen molar-refractivity contribution >= 4 is 17.9 Å². The second kappa shape index (κ2) is 11.3. The maximum Gasteiger partial charge on any atom is 3.00 e. The summed E-state index contributed by atoms with van der Waals surface area (Å²) in [5, 5.41) is 29.6. The molecule has 0 aliphatic carbocycles. The summed E-state index contributed by atoms with van der Waals surface area (Å²) >= 11 is 0. The summed E-state index contributed by atoms with van der Waals surface area (Å²) in [6.45, 7) is 0. The molecule has 0 spiro atoms. The predicted octanol–water partition coefficient (Wildman–Crippen LogP) is -1.07. The zero-order chi connectivity index (χ0) is 17.9. The van der Waals surface area contributed by atoms with Crippen LogP contribution in [0.2, 0.25) is 0 Å². The summed E-state index contributed by atoms with van der Waals surface area (Å²) in [7, 11) is 0. The molecule has 0 bridgehead atoms. The zero-order valence-electron chi connectivity index (χ0n) is 12.2. The Labute approximate surface area is 150 Å². The molecule has 0 unspecified atom stereocenters. The largest absolute Gasteiger partial charge is 3.00 e. The van der Waals surface area contributed by atoms with E-state index in [1.807, 2.05) is 0 Å². The fourth-order valence-electron chi connectivity index (χ4n) is 1.18. The molecule has 0 amide bonds. The standard InChI is InChI=1S/3C5H4O3.Fe/c3*6-5(7)4-2-1-3-8-4;/h3*1-3H,(H,6,7);/q;;;+3/p-3. The normalized spacial score (nSPS) is 8.64. The molecule has 25 heavy (non-hydrogen) atoms. The molecule has 3 aromatic heterocycles. The Kier molecular flexibility index (Phi) is 9.86. The number of rotatable bonds is 3. The summed E-state index contributed by atoms with van der Waals surface area (Å²) in [5.74, 6) is -4.25. The summed E-state index contributed by atoms with van der Waals surface area (Å²) in [6.07, 6.45) is 3.85.